The van der Waals surface area contributed by atoms with Gasteiger partial charge in [-0.05, 0) is 30.7 Å². The van der Waals surface area contributed by atoms with E-state index in [2.05, 4.69) is 0 Å². The molecule has 1 rings (SSSR count). The Kier molecular flexibility index (Phi) is 2.35. The van der Waals surface area contributed by atoms with E-state index in [1.807, 2.05) is 0 Å². The summed E-state index contributed by atoms with van der Waals surface area (Å²) in [5, 5.41) is 9.28. The lowest BCUT2D eigenvalue weighted by Crippen LogP contribution is -2.02. The molecule has 56 valence electrons. The number of aliphatic hydroxyl groups excluding tert-OH is 1. The molecule has 1 aromatic rings. The van der Waals surface area contributed by atoms with Crippen molar-refractivity contribution in [2.45, 2.75) is 19.4 Å². The summed E-state index contributed by atoms with van der Waals surface area (Å²) in [6.07, 6.45) is 0.148. The summed E-state index contributed by atoms with van der Waals surface area (Å²) < 4.78 is 5.00. The Balaban J connectivity index is 2.58. The fourth-order valence-electron chi connectivity index (χ4n) is 0.753. The first-order chi connectivity index (χ1) is 4.68. The summed E-state index contributed by atoms with van der Waals surface area (Å²) in [4.78, 5) is 0. The molecule has 0 aliphatic heterocycles. The summed E-state index contributed by atoms with van der Waals surface area (Å²) in [5.41, 5.74) is 0. The zero-order valence-electron chi connectivity index (χ0n) is 5.67. The molecule has 0 amide bonds. The van der Waals surface area contributed by atoms with Gasteiger partial charge in [0.25, 0.3) is 0 Å². The smallest absolute Gasteiger partial charge is 0.193 e. The van der Waals surface area contributed by atoms with Crippen molar-refractivity contribution in [3.8, 4) is 0 Å². The average molecular weight is 161 g/mol. The van der Waals surface area contributed by atoms with E-state index >= 15 is 0 Å². The van der Waals surface area contributed by atoms with Gasteiger partial charge in [0.15, 0.2) is 5.22 Å². The lowest BCUT2D eigenvalue weighted by Gasteiger charge is -1.97. The highest BCUT2D eigenvalue weighted by atomic mass is 35.5. The van der Waals surface area contributed by atoms with Gasteiger partial charge in [0.05, 0.1) is 6.10 Å². The second kappa shape index (κ2) is 3.08. The average Bonchev–Trinajstić information content (AvgIpc) is 2.13. The number of furan rings is 1. The van der Waals surface area contributed by atoms with Crippen LogP contribution in [0.25, 0.3) is 0 Å². The number of hydrogen-bond donors (Lipinski definition) is 1. The molecule has 1 N–H and O–H groups in total. The Labute approximate surface area is 64.4 Å². The van der Waals surface area contributed by atoms with Crippen LogP contribution in [0.4, 0.5) is 0 Å². The first kappa shape index (κ1) is 7.63. The Morgan fingerprint density at radius 3 is 2.80 bits per heavy atom. The molecule has 0 fully saturated rings. The molecule has 0 aromatic carbocycles. The summed E-state index contributed by atoms with van der Waals surface area (Å²) in [7, 11) is 0. The molecule has 10 heavy (non-hydrogen) atoms. The minimum absolute atomic E-state index is 0.371. The minimum Gasteiger partial charge on any atom is -0.450 e. The second-order valence-corrected chi connectivity index (χ2v) is 2.63. The Morgan fingerprint density at radius 1 is 1.70 bits per heavy atom. The van der Waals surface area contributed by atoms with Gasteiger partial charge in [-0.1, -0.05) is 0 Å². The van der Waals surface area contributed by atoms with E-state index in [9.17, 15) is 0 Å². The van der Waals surface area contributed by atoms with Crippen molar-refractivity contribution < 1.29 is 9.52 Å². The predicted molar refractivity (Wildman–Crippen MR) is 39.1 cm³/mol. The maximum absolute atomic E-state index is 8.91. The summed E-state index contributed by atoms with van der Waals surface area (Å²) >= 11 is 5.50. The van der Waals surface area contributed by atoms with Crippen molar-refractivity contribution in [3.63, 3.8) is 0 Å². The lowest BCUT2D eigenvalue weighted by molar-refractivity contribution is 0.187. The number of halogens is 1. The first-order valence-corrected chi connectivity index (χ1v) is 3.48. The highest BCUT2D eigenvalue weighted by Gasteiger charge is 2.02. The van der Waals surface area contributed by atoms with Gasteiger partial charge >= 0.3 is 0 Å². The number of rotatable bonds is 2. The molecule has 0 bridgehead atoms. The molecule has 1 aromatic heterocycles. The molecule has 0 unspecified atom stereocenters. The fraction of sp³-hybridized carbons (Fsp3) is 0.429. The summed E-state index contributed by atoms with van der Waals surface area (Å²) in [6.45, 7) is 1.70. The number of aliphatic hydroxyl groups is 1. The maximum Gasteiger partial charge on any atom is 0.193 e. The van der Waals surface area contributed by atoms with Gasteiger partial charge < -0.3 is 9.52 Å². The minimum atomic E-state index is -0.373. The van der Waals surface area contributed by atoms with E-state index in [0.29, 0.717) is 11.6 Å². The van der Waals surface area contributed by atoms with Gasteiger partial charge in [-0.3, -0.25) is 0 Å². The van der Waals surface area contributed by atoms with Crippen LogP contribution >= 0.6 is 11.6 Å². The van der Waals surface area contributed by atoms with Gasteiger partial charge in [-0.25, -0.2) is 0 Å². The monoisotopic (exact) mass is 160 g/mol. The molecule has 3 heteroatoms. The van der Waals surface area contributed by atoms with E-state index in [-0.39, 0.29) is 6.10 Å². The fourth-order valence-corrected chi connectivity index (χ4v) is 0.915. The van der Waals surface area contributed by atoms with Crippen LogP contribution in [0.5, 0.6) is 0 Å². The number of hydrogen-bond acceptors (Lipinski definition) is 2. The van der Waals surface area contributed by atoms with Gasteiger partial charge in [0.1, 0.15) is 5.76 Å². The normalized spacial score (nSPS) is 13.5. The van der Waals surface area contributed by atoms with E-state index in [0.717, 1.165) is 5.76 Å². The molecule has 0 saturated heterocycles. The summed E-state index contributed by atoms with van der Waals surface area (Å²) in [6, 6.07) is 3.42. The SMILES string of the molecule is C[C@@H](O)Cc1ccc(Cl)o1. The Morgan fingerprint density at radius 2 is 2.40 bits per heavy atom. The zero-order valence-corrected chi connectivity index (χ0v) is 6.43. The third kappa shape index (κ3) is 2.05. The second-order valence-electron chi connectivity index (χ2n) is 2.26. The van der Waals surface area contributed by atoms with Crippen LogP contribution in [-0.4, -0.2) is 11.2 Å². The largest absolute Gasteiger partial charge is 0.450 e. The topological polar surface area (TPSA) is 33.4 Å². The van der Waals surface area contributed by atoms with Crippen molar-refractivity contribution in [2.24, 2.45) is 0 Å². The zero-order chi connectivity index (χ0) is 7.56. The van der Waals surface area contributed by atoms with E-state index in [1.54, 1.807) is 19.1 Å². The van der Waals surface area contributed by atoms with Crippen LogP contribution in [0.1, 0.15) is 12.7 Å². The highest BCUT2D eigenvalue weighted by Crippen LogP contribution is 2.14. The summed E-state index contributed by atoms with van der Waals surface area (Å²) in [5.74, 6) is 0.722. The van der Waals surface area contributed by atoms with Crippen LogP contribution in [0.3, 0.4) is 0 Å². The van der Waals surface area contributed by atoms with E-state index in [4.69, 9.17) is 21.1 Å². The Bertz CT molecular complexity index is 205. The van der Waals surface area contributed by atoms with Crippen LogP contribution in [-0.2, 0) is 6.42 Å². The molecular formula is C7H9ClO2. The van der Waals surface area contributed by atoms with Gasteiger partial charge in [-0.2, -0.15) is 0 Å². The maximum atomic E-state index is 8.91. The van der Waals surface area contributed by atoms with Crippen molar-refractivity contribution in [1.29, 1.82) is 0 Å². The Hall–Kier alpha value is -0.470. The van der Waals surface area contributed by atoms with Crippen LogP contribution < -0.4 is 0 Å². The van der Waals surface area contributed by atoms with Crippen molar-refractivity contribution in [2.75, 3.05) is 0 Å². The van der Waals surface area contributed by atoms with E-state index < -0.39 is 0 Å². The molecule has 2 nitrogen and oxygen atoms in total. The first-order valence-electron chi connectivity index (χ1n) is 3.11. The highest BCUT2D eigenvalue weighted by molar-refractivity contribution is 6.28. The molecule has 1 heterocycles. The standard InChI is InChI=1S/C7H9ClO2/c1-5(9)4-6-2-3-7(8)10-6/h2-3,5,9H,4H2,1H3/t5-/m1/s1. The predicted octanol–water partition coefficient (Wildman–Crippen LogP) is 1.86. The van der Waals surface area contributed by atoms with E-state index in [1.165, 1.54) is 0 Å². The lowest BCUT2D eigenvalue weighted by atomic mass is 10.2. The van der Waals surface area contributed by atoms with Crippen molar-refractivity contribution >= 4 is 11.6 Å². The van der Waals surface area contributed by atoms with Gasteiger partial charge in [0, 0.05) is 6.42 Å². The van der Waals surface area contributed by atoms with Crippen LogP contribution in [0.2, 0.25) is 5.22 Å². The molecular weight excluding hydrogens is 152 g/mol. The molecule has 0 radical (unpaired) electrons. The third-order valence-corrected chi connectivity index (χ3v) is 1.33. The molecule has 1 atom stereocenters. The van der Waals surface area contributed by atoms with Crippen molar-refractivity contribution in [3.05, 3.63) is 23.1 Å². The quantitative estimate of drug-likeness (QED) is 0.717. The van der Waals surface area contributed by atoms with Crippen LogP contribution in [0, 0.1) is 0 Å². The third-order valence-electron chi connectivity index (χ3n) is 1.13. The molecule has 0 aliphatic carbocycles. The van der Waals surface area contributed by atoms with Gasteiger partial charge in [0.2, 0.25) is 0 Å². The van der Waals surface area contributed by atoms with Gasteiger partial charge in [-0.15, -0.1) is 0 Å². The van der Waals surface area contributed by atoms with Crippen molar-refractivity contribution in [1.82, 2.24) is 0 Å². The molecule has 0 aliphatic rings. The molecule has 0 saturated carbocycles. The van der Waals surface area contributed by atoms with Crippen LogP contribution in [0.15, 0.2) is 16.5 Å². The molecule has 0 spiro atoms.